The van der Waals surface area contributed by atoms with Gasteiger partial charge < -0.3 is 20.7 Å². The number of guanidine groups is 1. The van der Waals surface area contributed by atoms with Crippen LogP contribution in [0.2, 0.25) is 0 Å². The number of para-hydroxylation sites is 2. The maximum absolute atomic E-state index is 12.0. The molecule has 1 unspecified atom stereocenters. The number of benzene rings is 3. The fourth-order valence-electron chi connectivity index (χ4n) is 3.65. The predicted molar refractivity (Wildman–Crippen MR) is 139 cm³/mol. The van der Waals surface area contributed by atoms with E-state index in [0.717, 1.165) is 28.3 Å². The fourth-order valence-corrected chi connectivity index (χ4v) is 3.65. The second-order valence-electron chi connectivity index (χ2n) is 7.41. The Bertz CT molecular complexity index is 1070. The Morgan fingerprint density at radius 2 is 1.75 bits per heavy atom. The number of carbonyl (C=O) groups is 1. The van der Waals surface area contributed by atoms with Crippen LogP contribution in [0, 0.1) is 0 Å². The molecule has 32 heavy (non-hydrogen) atoms. The van der Waals surface area contributed by atoms with Gasteiger partial charge in [-0.1, -0.05) is 48.5 Å². The Morgan fingerprint density at radius 1 is 1.00 bits per heavy atom. The van der Waals surface area contributed by atoms with E-state index >= 15 is 0 Å². The highest BCUT2D eigenvalue weighted by Gasteiger charge is 2.24. The van der Waals surface area contributed by atoms with Crippen molar-refractivity contribution >= 4 is 41.5 Å². The molecule has 0 spiro atoms. The van der Waals surface area contributed by atoms with E-state index < -0.39 is 0 Å². The zero-order chi connectivity index (χ0) is 21.5. The summed E-state index contributed by atoms with van der Waals surface area (Å²) >= 11 is 0. The molecular formula is C25H27IN4O2. The average Bonchev–Trinajstić information content (AvgIpc) is 2.80. The molecule has 0 saturated carbocycles. The van der Waals surface area contributed by atoms with Gasteiger partial charge in [-0.2, -0.15) is 0 Å². The minimum Gasteiger partial charge on any atom is -0.457 e. The van der Waals surface area contributed by atoms with E-state index in [-0.39, 0.29) is 35.8 Å². The standard InChI is InChI=1S/C25H26N4O2.HI/c1-26-25(28-17-19-15-24(30)29-23-13-6-5-12-22(19)23)27-16-18-8-7-11-21(14-18)31-20-9-3-2-4-10-20;/h2-14,19H,15-17H2,1H3,(H,29,30)(H2,26,27,28);1H. The number of hydrogen-bond acceptors (Lipinski definition) is 3. The third kappa shape index (κ3) is 6.23. The average molecular weight is 542 g/mol. The number of hydrogen-bond donors (Lipinski definition) is 3. The number of nitrogens with zero attached hydrogens (tertiary/aromatic N) is 1. The molecule has 0 bridgehead atoms. The Morgan fingerprint density at radius 3 is 2.56 bits per heavy atom. The first-order valence-electron chi connectivity index (χ1n) is 10.4. The van der Waals surface area contributed by atoms with Crippen LogP contribution in [0.15, 0.2) is 83.9 Å². The molecule has 1 heterocycles. The second kappa shape index (κ2) is 11.5. The fraction of sp³-hybridized carbons (Fsp3) is 0.200. The maximum Gasteiger partial charge on any atom is 0.225 e. The Hall–Kier alpha value is -3.07. The summed E-state index contributed by atoms with van der Waals surface area (Å²) in [6, 6.07) is 25.6. The zero-order valence-corrected chi connectivity index (χ0v) is 20.2. The van der Waals surface area contributed by atoms with Crippen LogP contribution in [0.5, 0.6) is 11.5 Å². The number of halogens is 1. The summed E-state index contributed by atoms with van der Waals surface area (Å²) in [5.74, 6) is 2.44. The Labute approximate surface area is 205 Å². The summed E-state index contributed by atoms with van der Waals surface area (Å²) in [5.41, 5.74) is 3.12. The van der Waals surface area contributed by atoms with Crippen LogP contribution >= 0.6 is 24.0 Å². The van der Waals surface area contributed by atoms with Crippen LogP contribution < -0.4 is 20.7 Å². The lowest BCUT2D eigenvalue weighted by atomic mass is 9.90. The van der Waals surface area contributed by atoms with Crippen molar-refractivity contribution in [3.05, 3.63) is 90.0 Å². The molecule has 0 fully saturated rings. The van der Waals surface area contributed by atoms with Crippen molar-refractivity contribution in [2.45, 2.75) is 18.9 Å². The van der Waals surface area contributed by atoms with Gasteiger partial charge in [-0.15, -0.1) is 24.0 Å². The maximum atomic E-state index is 12.0. The zero-order valence-electron chi connectivity index (χ0n) is 17.9. The summed E-state index contributed by atoms with van der Waals surface area (Å²) in [6.45, 7) is 1.23. The molecule has 1 aliphatic rings. The van der Waals surface area contributed by atoms with Crippen molar-refractivity contribution in [3.8, 4) is 11.5 Å². The van der Waals surface area contributed by atoms with Gasteiger partial charge in [-0.3, -0.25) is 9.79 Å². The summed E-state index contributed by atoms with van der Waals surface area (Å²) in [5, 5.41) is 9.62. The van der Waals surface area contributed by atoms with Gasteiger partial charge in [0.15, 0.2) is 5.96 Å². The van der Waals surface area contributed by atoms with E-state index in [1.165, 1.54) is 0 Å². The summed E-state index contributed by atoms with van der Waals surface area (Å²) in [6.07, 6.45) is 0.458. The molecule has 0 aromatic heterocycles. The van der Waals surface area contributed by atoms with Crippen molar-refractivity contribution in [3.63, 3.8) is 0 Å². The minimum atomic E-state index is 0. The van der Waals surface area contributed by atoms with E-state index in [4.69, 9.17) is 4.74 Å². The molecule has 1 aliphatic heterocycles. The van der Waals surface area contributed by atoms with Crippen molar-refractivity contribution in [2.24, 2.45) is 4.99 Å². The summed E-state index contributed by atoms with van der Waals surface area (Å²) < 4.78 is 5.91. The molecule has 0 saturated heterocycles. The van der Waals surface area contributed by atoms with Crippen LogP contribution in [0.3, 0.4) is 0 Å². The molecule has 0 aliphatic carbocycles. The molecule has 3 aromatic rings. The molecule has 6 nitrogen and oxygen atoms in total. The molecule has 0 radical (unpaired) electrons. The Balaban J connectivity index is 0.00000289. The third-order valence-electron chi connectivity index (χ3n) is 5.18. The van der Waals surface area contributed by atoms with Crippen LogP contribution in [-0.4, -0.2) is 25.5 Å². The van der Waals surface area contributed by atoms with Crippen molar-refractivity contribution < 1.29 is 9.53 Å². The first kappa shape index (κ1) is 23.6. The normalized spacial score (nSPS) is 15.1. The van der Waals surface area contributed by atoms with Crippen LogP contribution in [-0.2, 0) is 11.3 Å². The number of fused-ring (bicyclic) bond motifs is 1. The monoisotopic (exact) mass is 542 g/mol. The number of amides is 1. The smallest absolute Gasteiger partial charge is 0.225 e. The first-order chi connectivity index (χ1) is 15.2. The van der Waals surface area contributed by atoms with Gasteiger partial charge in [0.25, 0.3) is 0 Å². The topological polar surface area (TPSA) is 74.8 Å². The lowest BCUT2D eigenvalue weighted by molar-refractivity contribution is -0.116. The van der Waals surface area contributed by atoms with Gasteiger partial charge in [-0.05, 0) is 41.5 Å². The highest BCUT2D eigenvalue weighted by molar-refractivity contribution is 14.0. The Kier molecular flexibility index (Phi) is 8.49. The quantitative estimate of drug-likeness (QED) is 0.236. The number of ether oxygens (including phenoxy) is 1. The molecule has 4 rings (SSSR count). The van der Waals surface area contributed by atoms with Gasteiger partial charge in [0.2, 0.25) is 5.91 Å². The van der Waals surface area contributed by atoms with Gasteiger partial charge in [0.05, 0.1) is 0 Å². The molecule has 7 heteroatoms. The number of carbonyl (C=O) groups excluding carboxylic acids is 1. The molecule has 3 aromatic carbocycles. The highest BCUT2D eigenvalue weighted by atomic mass is 127. The van der Waals surface area contributed by atoms with Crippen molar-refractivity contribution in [1.82, 2.24) is 10.6 Å². The molecule has 1 amide bonds. The predicted octanol–water partition coefficient (Wildman–Crippen LogP) is 4.89. The van der Waals surface area contributed by atoms with Crippen LogP contribution in [0.4, 0.5) is 5.69 Å². The first-order valence-corrected chi connectivity index (χ1v) is 10.4. The molecule has 166 valence electrons. The van der Waals surface area contributed by atoms with Crippen LogP contribution in [0.25, 0.3) is 0 Å². The van der Waals surface area contributed by atoms with E-state index in [2.05, 4.69) is 27.0 Å². The van der Waals surface area contributed by atoms with E-state index in [1.807, 2.05) is 72.8 Å². The lowest BCUT2D eigenvalue weighted by Gasteiger charge is -2.26. The largest absolute Gasteiger partial charge is 0.457 e. The number of nitrogens with one attached hydrogen (secondary N) is 3. The van der Waals surface area contributed by atoms with E-state index in [1.54, 1.807) is 7.05 Å². The summed E-state index contributed by atoms with van der Waals surface area (Å²) in [7, 11) is 1.74. The summed E-state index contributed by atoms with van der Waals surface area (Å²) in [4.78, 5) is 16.3. The molecular weight excluding hydrogens is 515 g/mol. The number of rotatable bonds is 6. The van der Waals surface area contributed by atoms with Gasteiger partial charge >= 0.3 is 0 Å². The van der Waals surface area contributed by atoms with Gasteiger partial charge in [-0.25, -0.2) is 0 Å². The third-order valence-corrected chi connectivity index (χ3v) is 5.18. The van der Waals surface area contributed by atoms with Crippen molar-refractivity contribution in [2.75, 3.05) is 18.9 Å². The molecule has 3 N–H and O–H groups in total. The van der Waals surface area contributed by atoms with Gasteiger partial charge in [0, 0.05) is 38.2 Å². The number of aliphatic imine (C=N–C) groups is 1. The minimum absolute atomic E-state index is 0. The van der Waals surface area contributed by atoms with E-state index in [9.17, 15) is 4.79 Å². The lowest BCUT2D eigenvalue weighted by Crippen LogP contribution is -2.40. The highest BCUT2D eigenvalue weighted by Crippen LogP contribution is 2.31. The SMILES string of the molecule is CN=C(NCc1cccc(Oc2ccccc2)c1)NCC1CC(=O)Nc2ccccc21.I. The van der Waals surface area contributed by atoms with E-state index in [0.29, 0.717) is 25.5 Å². The number of anilines is 1. The van der Waals surface area contributed by atoms with Gasteiger partial charge in [0.1, 0.15) is 11.5 Å². The second-order valence-corrected chi connectivity index (χ2v) is 7.41. The van der Waals surface area contributed by atoms with Crippen LogP contribution in [0.1, 0.15) is 23.5 Å². The van der Waals surface area contributed by atoms with Crippen molar-refractivity contribution in [1.29, 1.82) is 0 Å². The molecule has 1 atom stereocenters.